The van der Waals surface area contributed by atoms with Crippen LogP contribution in [0.1, 0.15) is 35.7 Å². The first-order valence-electron chi connectivity index (χ1n) is 7.80. The molecule has 0 saturated carbocycles. The molecule has 23 heavy (non-hydrogen) atoms. The van der Waals surface area contributed by atoms with E-state index in [1.54, 1.807) is 11.8 Å². The Morgan fingerprint density at radius 3 is 2.61 bits per heavy atom. The van der Waals surface area contributed by atoms with Gasteiger partial charge in [-0.05, 0) is 49.1 Å². The maximum absolute atomic E-state index is 12.8. The number of benzene rings is 2. The summed E-state index contributed by atoms with van der Waals surface area (Å²) >= 11 is 1.61. The Hall–Kier alpha value is -2.07. The summed E-state index contributed by atoms with van der Waals surface area (Å²) in [6.07, 6.45) is 2.90. The lowest BCUT2D eigenvalue weighted by atomic mass is 10.0. The van der Waals surface area contributed by atoms with Gasteiger partial charge in [0.2, 0.25) is 5.91 Å². The molecule has 1 N–H and O–H groups in total. The van der Waals surface area contributed by atoms with Crippen molar-refractivity contribution < 1.29 is 9.59 Å². The lowest BCUT2D eigenvalue weighted by Crippen LogP contribution is -2.16. The second kappa shape index (κ2) is 7.01. The molecule has 2 aromatic carbocycles. The summed E-state index contributed by atoms with van der Waals surface area (Å²) in [5.74, 6) is 0.148. The standard InChI is InChI=1S/C19H19NO2S/c1-13(21)20-15-9-11-16(12-10-15)23-18-8-4-6-14-5-2-3-7-17(14)19(18)22/h2-3,5,7,9-12,18H,4,6,8H2,1H3,(H,20,21)/t18-/m1/s1. The third-order valence-corrected chi connectivity index (χ3v) is 5.22. The molecular weight excluding hydrogens is 306 g/mol. The van der Waals surface area contributed by atoms with Crippen LogP contribution in [0.3, 0.4) is 0 Å². The smallest absolute Gasteiger partial charge is 0.221 e. The van der Waals surface area contributed by atoms with Gasteiger partial charge in [-0.1, -0.05) is 24.3 Å². The molecule has 3 rings (SSSR count). The summed E-state index contributed by atoms with van der Waals surface area (Å²) in [6.45, 7) is 1.49. The zero-order valence-electron chi connectivity index (χ0n) is 13.0. The van der Waals surface area contributed by atoms with Gasteiger partial charge in [-0.3, -0.25) is 9.59 Å². The van der Waals surface area contributed by atoms with Crippen LogP contribution < -0.4 is 5.32 Å². The number of carbonyl (C=O) groups is 2. The van der Waals surface area contributed by atoms with Crippen molar-refractivity contribution in [1.82, 2.24) is 0 Å². The second-order valence-electron chi connectivity index (χ2n) is 5.73. The third kappa shape index (κ3) is 3.82. The number of anilines is 1. The molecule has 0 aliphatic heterocycles. The van der Waals surface area contributed by atoms with Crippen molar-refractivity contribution in [1.29, 1.82) is 0 Å². The predicted octanol–water partition coefficient (Wildman–Crippen LogP) is 4.32. The van der Waals surface area contributed by atoms with Gasteiger partial charge < -0.3 is 5.32 Å². The van der Waals surface area contributed by atoms with Crippen molar-refractivity contribution in [3.8, 4) is 0 Å². The summed E-state index contributed by atoms with van der Waals surface area (Å²) in [5.41, 5.74) is 2.82. The summed E-state index contributed by atoms with van der Waals surface area (Å²) in [7, 11) is 0. The van der Waals surface area contributed by atoms with Crippen molar-refractivity contribution in [2.75, 3.05) is 5.32 Å². The van der Waals surface area contributed by atoms with E-state index in [2.05, 4.69) is 11.4 Å². The maximum Gasteiger partial charge on any atom is 0.221 e. The molecule has 4 heteroatoms. The highest BCUT2D eigenvalue weighted by molar-refractivity contribution is 8.00. The molecule has 0 radical (unpaired) electrons. The minimum atomic E-state index is -0.0824. The van der Waals surface area contributed by atoms with E-state index in [4.69, 9.17) is 0 Å². The van der Waals surface area contributed by atoms with Crippen molar-refractivity contribution in [2.45, 2.75) is 36.3 Å². The number of rotatable bonds is 3. The van der Waals surface area contributed by atoms with Crippen LogP contribution in [0.25, 0.3) is 0 Å². The van der Waals surface area contributed by atoms with Crippen molar-refractivity contribution in [3.05, 3.63) is 59.7 Å². The normalized spacial score (nSPS) is 17.3. The Bertz CT molecular complexity index is 724. The largest absolute Gasteiger partial charge is 0.326 e. The molecule has 0 saturated heterocycles. The monoisotopic (exact) mass is 325 g/mol. The number of Topliss-reactive ketones (excluding diaryl/α,β-unsaturated/α-hetero) is 1. The number of carbonyl (C=O) groups excluding carboxylic acids is 2. The summed E-state index contributed by atoms with van der Waals surface area (Å²) < 4.78 is 0. The summed E-state index contributed by atoms with van der Waals surface area (Å²) in [4.78, 5) is 24.9. The van der Waals surface area contributed by atoms with Crippen LogP contribution in [0.5, 0.6) is 0 Å². The minimum absolute atomic E-state index is 0.0368. The van der Waals surface area contributed by atoms with E-state index in [9.17, 15) is 9.59 Å². The highest BCUT2D eigenvalue weighted by Gasteiger charge is 2.25. The Labute approximate surface area is 140 Å². The third-order valence-electron chi connectivity index (χ3n) is 3.94. The van der Waals surface area contributed by atoms with E-state index >= 15 is 0 Å². The van der Waals surface area contributed by atoms with E-state index in [1.807, 2.05) is 42.5 Å². The molecule has 0 fully saturated rings. The van der Waals surface area contributed by atoms with E-state index < -0.39 is 0 Å². The quantitative estimate of drug-likeness (QED) is 0.855. The molecule has 3 nitrogen and oxygen atoms in total. The van der Waals surface area contributed by atoms with Gasteiger partial charge in [0.25, 0.3) is 0 Å². The first-order chi connectivity index (χ1) is 11.1. The molecule has 0 unspecified atom stereocenters. The van der Waals surface area contributed by atoms with Gasteiger partial charge in [0.05, 0.1) is 5.25 Å². The van der Waals surface area contributed by atoms with Crippen LogP contribution in [0.15, 0.2) is 53.4 Å². The first-order valence-corrected chi connectivity index (χ1v) is 8.68. The predicted molar refractivity (Wildman–Crippen MR) is 94.1 cm³/mol. The Kier molecular flexibility index (Phi) is 4.82. The maximum atomic E-state index is 12.8. The highest BCUT2D eigenvalue weighted by atomic mass is 32.2. The number of thioether (sulfide) groups is 1. The van der Waals surface area contributed by atoms with Gasteiger partial charge in [-0.15, -0.1) is 11.8 Å². The average Bonchev–Trinajstić information content (AvgIpc) is 2.69. The fraction of sp³-hybridized carbons (Fsp3) is 0.263. The molecule has 2 aromatic rings. The van der Waals surface area contributed by atoms with E-state index in [1.165, 1.54) is 12.5 Å². The van der Waals surface area contributed by atoms with Crippen LogP contribution in [0, 0.1) is 0 Å². The summed E-state index contributed by atoms with van der Waals surface area (Å²) in [5, 5.41) is 2.72. The van der Waals surface area contributed by atoms with Gasteiger partial charge in [0, 0.05) is 23.1 Å². The average molecular weight is 325 g/mol. The Morgan fingerprint density at radius 1 is 1.13 bits per heavy atom. The minimum Gasteiger partial charge on any atom is -0.326 e. The number of hydrogen-bond acceptors (Lipinski definition) is 3. The molecule has 0 spiro atoms. The van der Waals surface area contributed by atoms with E-state index in [0.29, 0.717) is 0 Å². The number of fused-ring (bicyclic) bond motifs is 1. The van der Waals surface area contributed by atoms with Gasteiger partial charge in [0.1, 0.15) is 0 Å². The number of ketones is 1. The fourth-order valence-corrected chi connectivity index (χ4v) is 4.00. The topological polar surface area (TPSA) is 46.2 Å². The van der Waals surface area contributed by atoms with Gasteiger partial charge >= 0.3 is 0 Å². The van der Waals surface area contributed by atoms with Gasteiger partial charge in [-0.2, -0.15) is 0 Å². The summed E-state index contributed by atoms with van der Waals surface area (Å²) in [6, 6.07) is 15.6. The molecule has 1 aliphatic carbocycles. The zero-order valence-corrected chi connectivity index (χ0v) is 13.9. The zero-order chi connectivity index (χ0) is 16.2. The number of nitrogens with one attached hydrogen (secondary N) is 1. The number of aryl methyl sites for hydroxylation is 1. The van der Waals surface area contributed by atoms with Crippen molar-refractivity contribution >= 4 is 29.1 Å². The molecule has 1 atom stereocenters. The molecule has 1 amide bonds. The molecule has 0 bridgehead atoms. The van der Waals surface area contributed by atoms with Crippen LogP contribution in [-0.4, -0.2) is 16.9 Å². The molecule has 1 aliphatic rings. The SMILES string of the molecule is CC(=O)Nc1ccc(S[C@@H]2CCCc3ccccc3C2=O)cc1. The highest BCUT2D eigenvalue weighted by Crippen LogP contribution is 2.33. The fourth-order valence-electron chi connectivity index (χ4n) is 2.86. The number of hydrogen-bond donors (Lipinski definition) is 1. The lowest BCUT2D eigenvalue weighted by Gasteiger charge is -2.13. The van der Waals surface area contributed by atoms with E-state index in [-0.39, 0.29) is 16.9 Å². The Morgan fingerprint density at radius 2 is 1.87 bits per heavy atom. The van der Waals surface area contributed by atoms with Crippen LogP contribution in [-0.2, 0) is 11.2 Å². The van der Waals surface area contributed by atoms with Crippen LogP contribution >= 0.6 is 11.8 Å². The van der Waals surface area contributed by atoms with Gasteiger partial charge in [-0.25, -0.2) is 0 Å². The molecule has 0 aromatic heterocycles. The molecule has 118 valence electrons. The Balaban J connectivity index is 1.75. The second-order valence-corrected chi connectivity index (χ2v) is 7.00. The molecular formula is C19H19NO2S. The van der Waals surface area contributed by atoms with Gasteiger partial charge in [0.15, 0.2) is 5.78 Å². The van der Waals surface area contributed by atoms with Crippen LogP contribution in [0.2, 0.25) is 0 Å². The lowest BCUT2D eigenvalue weighted by molar-refractivity contribution is -0.114. The van der Waals surface area contributed by atoms with E-state index in [0.717, 1.165) is 35.4 Å². The van der Waals surface area contributed by atoms with Crippen molar-refractivity contribution in [2.24, 2.45) is 0 Å². The number of amides is 1. The first kappa shape index (κ1) is 15.8. The molecule has 0 heterocycles. The van der Waals surface area contributed by atoms with Crippen LogP contribution in [0.4, 0.5) is 5.69 Å². The van der Waals surface area contributed by atoms with Crippen molar-refractivity contribution in [3.63, 3.8) is 0 Å².